The molecule has 0 bridgehead atoms. The summed E-state index contributed by atoms with van der Waals surface area (Å²) in [6.07, 6.45) is 1.34. The molecule has 20 heavy (non-hydrogen) atoms. The SMILES string of the molecule is CCC(c1ccccc1)C(O)Cc1ccc(C)c(C)c1. The Hall–Kier alpha value is -1.60. The van der Waals surface area contributed by atoms with Crippen molar-refractivity contribution in [1.82, 2.24) is 0 Å². The number of benzene rings is 2. The molecule has 0 radical (unpaired) electrons. The molecule has 0 aliphatic carbocycles. The molecule has 0 aromatic heterocycles. The Morgan fingerprint density at radius 3 is 2.25 bits per heavy atom. The summed E-state index contributed by atoms with van der Waals surface area (Å²) in [5.41, 5.74) is 5.04. The second kappa shape index (κ2) is 6.71. The van der Waals surface area contributed by atoms with Gasteiger partial charge in [-0.15, -0.1) is 0 Å². The molecule has 2 atom stereocenters. The fourth-order valence-electron chi connectivity index (χ4n) is 2.74. The van der Waals surface area contributed by atoms with E-state index in [2.05, 4.69) is 51.1 Å². The van der Waals surface area contributed by atoms with E-state index in [0.29, 0.717) is 6.42 Å². The van der Waals surface area contributed by atoms with Crippen LogP contribution in [-0.2, 0) is 6.42 Å². The van der Waals surface area contributed by atoms with Gasteiger partial charge in [-0.25, -0.2) is 0 Å². The van der Waals surface area contributed by atoms with Gasteiger partial charge in [-0.1, -0.05) is 55.5 Å². The van der Waals surface area contributed by atoms with Gasteiger partial charge in [-0.3, -0.25) is 0 Å². The highest BCUT2D eigenvalue weighted by atomic mass is 16.3. The highest BCUT2D eigenvalue weighted by Gasteiger charge is 2.19. The van der Waals surface area contributed by atoms with Gasteiger partial charge in [-0.2, -0.15) is 0 Å². The molecular formula is C19H24O. The molecule has 1 nitrogen and oxygen atoms in total. The summed E-state index contributed by atoms with van der Waals surface area (Å²) in [7, 11) is 0. The first kappa shape index (κ1) is 14.8. The van der Waals surface area contributed by atoms with Crippen LogP contribution >= 0.6 is 0 Å². The second-order valence-corrected chi connectivity index (χ2v) is 5.62. The molecule has 0 saturated heterocycles. The first-order valence-electron chi connectivity index (χ1n) is 7.41. The average Bonchev–Trinajstić information content (AvgIpc) is 2.45. The van der Waals surface area contributed by atoms with E-state index in [-0.39, 0.29) is 12.0 Å². The zero-order valence-electron chi connectivity index (χ0n) is 12.6. The van der Waals surface area contributed by atoms with Crippen molar-refractivity contribution in [3.63, 3.8) is 0 Å². The van der Waals surface area contributed by atoms with Crippen LogP contribution in [-0.4, -0.2) is 11.2 Å². The van der Waals surface area contributed by atoms with Crippen molar-refractivity contribution in [3.05, 3.63) is 70.8 Å². The molecule has 2 rings (SSSR count). The van der Waals surface area contributed by atoms with Crippen molar-refractivity contribution >= 4 is 0 Å². The average molecular weight is 268 g/mol. The van der Waals surface area contributed by atoms with E-state index in [0.717, 1.165) is 6.42 Å². The lowest BCUT2D eigenvalue weighted by atomic mass is 9.87. The smallest absolute Gasteiger partial charge is 0.0648 e. The quantitative estimate of drug-likeness (QED) is 0.852. The van der Waals surface area contributed by atoms with Gasteiger partial charge in [0, 0.05) is 5.92 Å². The predicted octanol–water partition coefficient (Wildman–Crippen LogP) is 4.40. The van der Waals surface area contributed by atoms with Gasteiger partial charge >= 0.3 is 0 Å². The molecule has 2 unspecified atom stereocenters. The molecule has 106 valence electrons. The molecular weight excluding hydrogens is 244 g/mol. The lowest BCUT2D eigenvalue weighted by molar-refractivity contribution is 0.141. The fourth-order valence-corrected chi connectivity index (χ4v) is 2.74. The van der Waals surface area contributed by atoms with Gasteiger partial charge in [0.2, 0.25) is 0 Å². The summed E-state index contributed by atoms with van der Waals surface area (Å²) in [4.78, 5) is 0. The van der Waals surface area contributed by atoms with Crippen LogP contribution in [0.15, 0.2) is 48.5 Å². The molecule has 0 aliphatic rings. The summed E-state index contributed by atoms with van der Waals surface area (Å²) >= 11 is 0. The van der Waals surface area contributed by atoms with Crippen molar-refractivity contribution in [3.8, 4) is 0 Å². The Labute approximate surface area is 122 Å². The van der Waals surface area contributed by atoms with E-state index in [1.54, 1.807) is 0 Å². The minimum atomic E-state index is -0.329. The van der Waals surface area contributed by atoms with Crippen LogP contribution in [0, 0.1) is 13.8 Å². The van der Waals surface area contributed by atoms with Crippen molar-refractivity contribution < 1.29 is 5.11 Å². The Kier molecular flexibility index (Phi) is 4.97. The van der Waals surface area contributed by atoms with E-state index in [9.17, 15) is 5.11 Å². The number of rotatable bonds is 5. The topological polar surface area (TPSA) is 20.2 Å². The van der Waals surface area contributed by atoms with E-state index >= 15 is 0 Å². The molecule has 0 aliphatic heterocycles. The third-order valence-corrected chi connectivity index (χ3v) is 4.15. The van der Waals surface area contributed by atoms with Crippen LogP contribution in [0.2, 0.25) is 0 Å². The molecule has 0 amide bonds. The van der Waals surface area contributed by atoms with Gasteiger partial charge in [-0.05, 0) is 48.9 Å². The summed E-state index contributed by atoms with van der Waals surface area (Å²) in [5.74, 6) is 0.206. The molecule has 0 heterocycles. The highest BCUT2D eigenvalue weighted by molar-refractivity contribution is 5.31. The highest BCUT2D eigenvalue weighted by Crippen LogP contribution is 2.26. The maximum absolute atomic E-state index is 10.6. The van der Waals surface area contributed by atoms with E-state index in [4.69, 9.17) is 0 Å². The van der Waals surface area contributed by atoms with Crippen LogP contribution in [0.4, 0.5) is 0 Å². The fraction of sp³-hybridized carbons (Fsp3) is 0.368. The van der Waals surface area contributed by atoms with Crippen molar-refractivity contribution in [2.24, 2.45) is 0 Å². The van der Waals surface area contributed by atoms with Gasteiger partial charge in [0.15, 0.2) is 0 Å². The lowest BCUT2D eigenvalue weighted by Gasteiger charge is -2.22. The number of hydrogen-bond donors (Lipinski definition) is 1. The predicted molar refractivity (Wildman–Crippen MR) is 85.1 cm³/mol. The zero-order chi connectivity index (χ0) is 14.5. The Balaban J connectivity index is 2.13. The molecule has 2 aromatic carbocycles. The maximum Gasteiger partial charge on any atom is 0.0648 e. The van der Waals surface area contributed by atoms with E-state index in [1.807, 2.05) is 18.2 Å². The third-order valence-electron chi connectivity index (χ3n) is 4.15. The maximum atomic E-state index is 10.6. The van der Waals surface area contributed by atoms with E-state index < -0.39 is 0 Å². The van der Waals surface area contributed by atoms with E-state index in [1.165, 1.54) is 22.3 Å². The summed E-state index contributed by atoms with van der Waals surface area (Å²) in [6, 6.07) is 16.8. The lowest BCUT2D eigenvalue weighted by Crippen LogP contribution is -2.20. The summed E-state index contributed by atoms with van der Waals surface area (Å²) < 4.78 is 0. The van der Waals surface area contributed by atoms with Gasteiger partial charge in [0.05, 0.1) is 6.10 Å². The van der Waals surface area contributed by atoms with Crippen LogP contribution in [0.5, 0.6) is 0 Å². The summed E-state index contributed by atoms with van der Waals surface area (Å²) in [6.45, 7) is 6.38. The molecule has 1 heteroatoms. The molecule has 0 spiro atoms. The molecule has 2 aromatic rings. The van der Waals surface area contributed by atoms with Crippen LogP contribution < -0.4 is 0 Å². The number of aliphatic hydroxyl groups is 1. The minimum absolute atomic E-state index is 0.206. The van der Waals surface area contributed by atoms with Crippen molar-refractivity contribution in [1.29, 1.82) is 0 Å². The third kappa shape index (κ3) is 3.49. The van der Waals surface area contributed by atoms with Crippen LogP contribution in [0.1, 0.15) is 41.5 Å². The number of aryl methyl sites for hydroxylation is 2. The first-order valence-corrected chi connectivity index (χ1v) is 7.41. The second-order valence-electron chi connectivity index (χ2n) is 5.62. The van der Waals surface area contributed by atoms with Gasteiger partial charge in [0.25, 0.3) is 0 Å². The number of aliphatic hydroxyl groups excluding tert-OH is 1. The minimum Gasteiger partial charge on any atom is -0.392 e. The Morgan fingerprint density at radius 1 is 0.950 bits per heavy atom. The largest absolute Gasteiger partial charge is 0.392 e. The molecule has 1 N–H and O–H groups in total. The molecule has 0 saturated carbocycles. The van der Waals surface area contributed by atoms with Gasteiger partial charge < -0.3 is 5.11 Å². The first-order chi connectivity index (χ1) is 9.61. The van der Waals surface area contributed by atoms with Gasteiger partial charge in [0.1, 0.15) is 0 Å². The van der Waals surface area contributed by atoms with Crippen molar-refractivity contribution in [2.75, 3.05) is 0 Å². The molecule has 0 fully saturated rings. The standard InChI is InChI=1S/C19H24O/c1-4-18(17-8-6-5-7-9-17)19(20)13-16-11-10-14(2)15(3)12-16/h5-12,18-20H,4,13H2,1-3H3. The number of hydrogen-bond acceptors (Lipinski definition) is 1. The van der Waals surface area contributed by atoms with Crippen LogP contribution in [0.25, 0.3) is 0 Å². The summed E-state index contributed by atoms with van der Waals surface area (Å²) in [5, 5.41) is 10.6. The Morgan fingerprint density at radius 2 is 1.65 bits per heavy atom. The van der Waals surface area contributed by atoms with Crippen LogP contribution in [0.3, 0.4) is 0 Å². The normalized spacial score (nSPS) is 14.0. The monoisotopic (exact) mass is 268 g/mol. The Bertz CT molecular complexity index is 545. The zero-order valence-corrected chi connectivity index (χ0v) is 12.6. The van der Waals surface area contributed by atoms with Crippen molar-refractivity contribution in [2.45, 2.75) is 45.6 Å².